The van der Waals surface area contributed by atoms with Crippen LogP contribution in [0.4, 0.5) is 5.69 Å². The summed E-state index contributed by atoms with van der Waals surface area (Å²) in [7, 11) is 1.89. The van der Waals surface area contributed by atoms with Crippen LogP contribution in [0.15, 0.2) is 48.5 Å². The summed E-state index contributed by atoms with van der Waals surface area (Å²) in [6.07, 6.45) is 0. The van der Waals surface area contributed by atoms with E-state index in [0.29, 0.717) is 24.5 Å². The lowest BCUT2D eigenvalue weighted by Crippen LogP contribution is -2.21. The molecule has 0 aromatic heterocycles. The minimum atomic E-state index is -1.01. The van der Waals surface area contributed by atoms with Crippen molar-refractivity contribution in [1.82, 2.24) is 0 Å². The fourth-order valence-electron chi connectivity index (χ4n) is 2.12. The van der Waals surface area contributed by atoms with Crippen LogP contribution in [-0.4, -0.2) is 37.2 Å². The van der Waals surface area contributed by atoms with Gasteiger partial charge in [-0.15, -0.1) is 0 Å². The molecule has 1 N–H and O–H groups in total. The maximum absolute atomic E-state index is 12.5. The molecule has 0 unspecified atom stereocenters. The van der Waals surface area contributed by atoms with E-state index in [0.717, 1.165) is 5.69 Å². The summed E-state index contributed by atoms with van der Waals surface area (Å²) in [5.74, 6) is -1.16. The van der Waals surface area contributed by atoms with Crippen LogP contribution in [0.5, 0.6) is 0 Å². The molecular formula is C18H19NO4. The molecule has 0 atom stereocenters. The van der Waals surface area contributed by atoms with Crippen LogP contribution in [0, 0.1) is 0 Å². The van der Waals surface area contributed by atoms with Gasteiger partial charge in [0.2, 0.25) is 0 Å². The van der Waals surface area contributed by atoms with Crippen molar-refractivity contribution in [2.75, 3.05) is 25.3 Å². The summed E-state index contributed by atoms with van der Waals surface area (Å²) in [6, 6.07) is 13.2. The zero-order chi connectivity index (χ0) is 16.8. The van der Waals surface area contributed by atoms with Crippen LogP contribution in [0.3, 0.4) is 0 Å². The van der Waals surface area contributed by atoms with Gasteiger partial charge in [-0.1, -0.05) is 24.3 Å². The third-order valence-electron chi connectivity index (χ3n) is 3.43. The third kappa shape index (κ3) is 4.17. The standard InChI is InChI=1S/C18H19NO4/c1-3-23-12-19(2)16-6-4-5-15(11-16)17(20)13-7-9-14(10-8-13)18(21)22/h4-11H,3,12H2,1-2H3,(H,21,22). The maximum atomic E-state index is 12.5. The van der Waals surface area contributed by atoms with Crippen molar-refractivity contribution >= 4 is 17.4 Å². The van der Waals surface area contributed by atoms with Gasteiger partial charge in [0, 0.05) is 30.5 Å². The van der Waals surface area contributed by atoms with Gasteiger partial charge >= 0.3 is 5.97 Å². The number of nitrogens with zero attached hydrogens (tertiary/aromatic N) is 1. The van der Waals surface area contributed by atoms with E-state index < -0.39 is 5.97 Å². The minimum Gasteiger partial charge on any atom is -0.478 e. The molecule has 0 saturated carbocycles. The van der Waals surface area contributed by atoms with Gasteiger partial charge < -0.3 is 14.7 Å². The summed E-state index contributed by atoms with van der Waals surface area (Å²) in [6.45, 7) is 2.99. The van der Waals surface area contributed by atoms with E-state index >= 15 is 0 Å². The van der Waals surface area contributed by atoms with Crippen molar-refractivity contribution in [1.29, 1.82) is 0 Å². The number of carboxylic acid groups (broad SMARTS) is 1. The predicted molar refractivity (Wildman–Crippen MR) is 88.2 cm³/mol. The van der Waals surface area contributed by atoms with Gasteiger partial charge in [-0.05, 0) is 31.2 Å². The number of carboxylic acids is 1. The molecule has 0 aliphatic heterocycles. The molecule has 0 radical (unpaired) electrons. The molecule has 23 heavy (non-hydrogen) atoms. The average Bonchev–Trinajstić information content (AvgIpc) is 2.59. The SMILES string of the molecule is CCOCN(C)c1cccc(C(=O)c2ccc(C(=O)O)cc2)c1. The zero-order valence-electron chi connectivity index (χ0n) is 13.2. The number of carbonyl (C=O) groups is 2. The molecule has 0 spiro atoms. The third-order valence-corrected chi connectivity index (χ3v) is 3.43. The van der Waals surface area contributed by atoms with Gasteiger partial charge in [0.1, 0.15) is 6.73 Å². The summed E-state index contributed by atoms with van der Waals surface area (Å²) in [4.78, 5) is 25.3. The monoisotopic (exact) mass is 313 g/mol. The predicted octanol–water partition coefficient (Wildman–Crippen LogP) is 3.05. The molecule has 0 aliphatic rings. The highest BCUT2D eigenvalue weighted by atomic mass is 16.5. The van der Waals surface area contributed by atoms with Gasteiger partial charge in [-0.3, -0.25) is 4.79 Å². The lowest BCUT2D eigenvalue weighted by Gasteiger charge is -2.19. The summed E-state index contributed by atoms with van der Waals surface area (Å²) >= 11 is 0. The van der Waals surface area contributed by atoms with Crippen LogP contribution in [0.2, 0.25) is 0 Å². The van der Waals surface area contributed by atoms with Gasteiger partial charge in [0.05, 0.1) is 5.56 Å². The molecule has 5 heteroatoms. The molecule has 0 fully saturated rings. The topological polar surface area (TPSA) is 66.8 Å². The Bertz CT molecular complexity index is 694. The van der Waals surface area contributed by atoms with Crippen molar-refractivity contribution < 1.29 is 19.4 Å². The number of rotatable bonds is 7. The Morgan fingerprint density at radius 3 is 2.30 bits per heavy atom. The number of hydrogen-bond donors (Lipinski definition) is 1. The Kier molecular flexibility index (Phi) is 5.49. The second-order valence-electron chi connectivity index (χ2n) is 5.08. The molecule has 0 saturated heterocycles. The Labute approximate surface area is 135 Å². The highest BCUT2D eigenvalue weighted by Crippen LogP contribution is 2.18. The first-order valence-electron chi connectivity index (χ1n) is 7.30. The van der Waals surface area contributed by atoms with Gasteiger partial charge in [0.15, 0.2) is 5.78 Å². The van der Waals surface area contributed by atoms with Crippen molar-refractivity contribution in [3.8, 4) is 0 Å². The highest BCUT2D eigenvalue weighted by molar-refractivity contribution is 6.09. The molecule has 2 aromatic rings. The second kappa shape index (κ2) is 7.56. The van der Waals surface area contributed by atoms with Crippen LogP contribution >= 0.6 is 0 Å². The first-order chi connectivity index (χ1) is 11.0. The highest BCUT2D eigenvalue weighted by Gasteiger charge is 2.12. The number of ether oxygens (including phenoxy) is 1. The van der Waals surface area contributed by atoms with Crippen molar-refractivity contribution in [3.63, 3.8) is 0 Å². The minimum absolute atomic E-state index is 0.145. The van der Waals surface area contributed by atoms with E-state index in [9.17, 15) is 9.59 Å². The molecule has 2 aromatic carbocycles. The van der Waals surface area contributed by atoms with E-state index in [1.165, 1.54) is 24.3 Å². The zero-order valence-corrected chi connectivity index (χ0v) is 13.2. The molecule has 2 rings (SSSR count). The normalized spacial score (nSPS) is 10.3. The lowest BCUT2D eigenvalue weighted by atomic mass is 10.0. The molecule has 0 amide bonds. The van der Waals surface area contributed by atoms with E-state index in [1.807, 2.05) is 31.0 Å². The Hall–Kier alpha value is -2.66. The smallest absolute Gasteiger partial charge is 0.335 e. The van der Waals surface area contributed by atoms with Crippen LogP contribution in [0.25, 0.3) is 0 Å². The molecule has 5 nitrogen and oxygen atoms in total. The number of anilines is 1. The van der Waals surface area contributed by atoms with Gasteiger partial charge in [-0.2, -0.15) is 0 Å². The second-order valence-corrected chi connectivity index (χ2v) is 5.08. The van der Waals surface area contributed by atoms with E-state index in [-0.39, 0.29) is 11.3 Å². The van der Waals surface area contributed by atoms with Crippen LogP contribution in [0.1, 0.15) is 33.2 Å². The van der Waals surface area contributed by atoms with Crippen molar-refractivity contribution in [2.45, 2.75) is 6.92 Å². The molecular weight excluding hydrogens is 294 g/mol. The Morgan fingerprint density at radius 1 is 1.04 bits per heavy atom. The van der Waals surface area contributed by atoms with Gasteiger partial charge in [-0.25, -0.2) is 4.79 Å². The van der Waals surface area contributed by atoms with E-state index in [2.05, 4.69) is 0 Å². The number of benzene rings is 2. The molecule has 120 valence electrons. The molecule has 0 bridgehead atoms. The van der Waals surface area contributed by atoms with Crippen molar-refractivity contribution in [3.05, 3.63) is 65.2 Å². The largest absolute Gasteiger partial charge is 0.478 e. The number of ketones is 1. The molecule has 0 aliphatic carbocycles. The molecule has 0 heterocycles. The lowest BCUT2D eigenvalue weighted by molar-refractivity contribution is 0.0696. The van der Waals surface area contributed by atoms with Gasteiger partial charge in [0.25, 0.3) is 0 Å². The maximum Gasteiger partial charge on any atom is 0.335 e. The first-order valence-corrected chi connectivity index (χ1v) is 7.30. The number of hydrogen-bond acceptors (Lipinski definition) is 4. The summed E-state index contributed by atoms with van der Waals surface area (Å²) < 4.78 is 5.36. The van der Waals surface area contributed by atoms with E-state index in [1.54, 1.807) is 12.1 Å². The summed E-state index contributed by atoms with van der Waals surface area (Å²) in [5.41, 5.74) is 2.05. The fraction of sp³-hybridized carbons (Fsp3) is 0.222. The van der Waals surface area contributed by atoms with Crippen LogP contribution < -0.4 is 4.90 Å². The number of carbonyl (C=O) groups excluding carboxylic acids is 1. The first kappa shape index (κ1) is 16.7. The number of aromatic carboxylic acids is 1. The Morgan fingerprint density at radius 2 is 1.70 bits per heavy atom. The fourth-order valence-corrected chi connectivity index (χ4v) is 2.12. The van der Waals surface area contributed by atoms with Crippen molar-refractivity contribution in [2.24, 2.45) is 0 Å². The van der Waals surface area contributed by atoms with E-state index in [4.69, 9.17) is 9.84 Å². The summed E-state index contributed by atoms with van der Waals surface area (Å²) in [5, 5.41) is 8.90. The quantitative estimate of drug-likeness (QED) is 0.628. The van der Waals surface area contributed by atoms with Crippen LogP contribution in [-0.2, 0) is 4.74 Å². The Balaban J connectivity index is 2.20. The average molecular weight is 313 g/mol.